The van der Waals surface area contributed by atoms with Crippen molar-refractivity contribution in [1.82, 2.24) is 25.5 Å². The van der Waals surface area contributed by atoms with Crippen molar-refractivity contribution in [1.29, 1.82) is 0 Å². The molecule has 5 rings (SSSR count). The van der Waals surface area contributed by atoms with Gasteiger partial charge in [-0.05, 0) is 95.0 Å². The molecule has 4 aliphatic heterocycles. The maximum absolute atomic E-state index is 12.8. The number of aromatic nitrogens is 2. The average molecular weight is 544 g/mol. The smallest absolute Gasteiger partial charge is 0.224 e. The highest BCUT2D eigenvalue weighted by Crippen LogP contribution is 2.31. The number of amides is 1. The molecule has 4 fully saturated rings. The summed E-state index contributed by atoms with van der Waals surface area (Å²) in [7, 11) is 0. The number of nitrogens with one attached hydrogen (secondary N) is 3. The lowest BCUT2D eigenvalue weighted by molar-refractivity contribution is -0.125. The van der Waals surface area contributed by atoms with Crippen molar-refractivity contribution in [2.75, 3.05) is 61.0 Å². The standard InChI is InChI=1S/C29H49N7OS/c37-28(23-8-14-30-15-9-23)31-16-10-26-25(7-6-20-36(26)24-12-21-38-22-13-24)33-29-32-17-11-27(34-29)35-18-4-2-1-3-5-19-35/h11,17,23-26,30H,1-10,12-16,18-22H2,(H,31,37)(H,32,33,34)/t25-,26+/m0/s1. The molecule has 4 saturated heterocycles. The highest BCUT2D eigenvalue weighted by molar-refractivity contribution is 7.99. The third kappa shape index (κ3) is 7.75. The van der Waals surface area contributed by atoms with E-state index in [4.69, 9.17) is 4.98 Å². The van der Waals surface area contributed by atoms with Gasteiger partial charge in [-0.15, -0.1) is 0 Å². The minimum atomic E-state index is 0.169. The van der Waals surface area contributed by atoms with Crippen LogP contribution in [0.5, 0.6) is 0 Å². The van der Waals surface area contributed by atoms with Crippen molar-refractivity contribution >= 4 is 29.4 Å². The summed E-state index contributed by atoms with van der Waals surface area (Å²) in [5.74, 6) is 4.77. The molecule has 2 atom stereocenters. The number of hydrogen-bond donors (Lipinski definition) is 3. The molecule has 0 bridgehead atoms. The van der Waals surface area contributed by atoms with Gasteiger partial charge in [0.1, 0.15) is 5.82 Å². The topological polar surface area (TPSA) is 85.4 Å². The van der Waals surface area contributed by atoms with Gasteiger partial charge >= 0.3 is 0 Å². The molecule has 1 aromatic rings. The molecule has 38 heavy (non-hydrogen) atoms. The number of thioether (sulfide) groups is 1. The first-order chi connectivity index (χ1) is 18.8. The zero-order valence-corrected chi connectivity index (χ0v) is 24.0. The van der Waals surface area contributed by atoms with E-state index in [1.54, 1.807) is 0 Å². The molecule has 0 radical (unpaired) electrons. The van der Waals surface area contributed by atoms with Crippen LogP contribution in [0.15, 0.2) is 12.3 Å². The van der Waals surface area contributed by atoms with Gasteiger partial charge in [0.2, 0.25) is 11.9 Å². The van der Waals surface area contributed by atoms with Crippen LogP contribution in [-0.2, 0) is 4.79 Å². The maximum Gasteiger partial charge on any atom is 0.224 e. The van der Waals surface area contributed by atoms with Gasteiger partial charge in [0, 0.05) is 49.9 Å². The maximum atomic E-state index is 12.8. The molecular weight excluding hydrogens is 494 g/mol. The fourth-order valence-corrected chi connectivity index (χ4v) is 7.98. The number of piperidine rings is 2. The number of carbonyl (C=O) groups excluding carboxylic acids is 1. The summed E-state index contributed by atoms with van der Waals surface area (Å²) in [6.07, 6.45) is 16.2. The molecule has 0 saturated carbocycles. The molecule has 212 valence electrons. The molecule has 3 N–H and O–H groups in total. The summed E-state index contributed by atoms with van der Waals surface area (Å²) in [4.78, 5) is 27.7. The van der Waals surface area contributed by atoms with E-state index in [1.165, 1.54) is 62.9 Å². The van der Waals surface area contributed by atoms with E-state index in [-0.39, 0.29) is 11.8 Å². The highest BCUT2D eigenvalue weighted by atomic mass is 32.2. The lowest BCUT2D eigenvalue weighted by Crippen LogP contribution is -2.56. The van der Waals surface area contributed by atoms with E-state index in [0.29, 0.717) is 18.1 Å². The van der Waals surface area contributed by atoms with Gasteiger partial charge in [0.15, 0.2) is 0 Å². The number of anilines is 2. The Bertz CT molecular complexity index is 853. The molecule has 1 amide bonds. The average Bonchev–Trinajstić information content (AvgIpc) is 2.94. The van der Waals surface area contributed by atoms with Crippen LogP contribution in [0.2, 0.25) is 0 Å². The Labute approximate surface area is 233 Å². The summed E-state index contributed by atoms with van der Waals surface area (Å²) in [5, 5.41) is 10.5. The van der Waals surface area contributed by atoms with Crippen molar-refractivity contribution in [3.05, 3.63) is 12.3 Å². The minimum absolute atomic E-state index is 0.169. The highest BCUT2D eigenvalue weighted by Gasteiger charge is 2.36. The summed E-state index contributed by atoms with van der Waals surface area (Å²) in [5.41, 5.74) is 0. The van der Waals surface area contributed by atoms with Crippen LogP contribution in [0.4, 0.5) is 11.8 Å². The van der Waals surface area contributed by atoms with Gasteiger partial charge < -0.3 is 20.9 Å². The molecule has 0 unspecified atom stereocenters. The van der Waals surface area contributed by atoms with Crippen molar-refractivity contribution in [2.45, 2.75) is 95.2 Å². The Morgan fingerprint density at radius 1 is 0.974 bits per heavy atom. The van der Waals surface area contributed by atoms with Gasteiger partial charge in [-0.25, -0.2) is 4.98 Å². The number of likely N-dealkylation sites (tertiary alicyclic amines) is 1. The summed E-state index contributed by atoms with van der Waals surface area (Å²) in [6, 6.07) is 3.42. The quantitative estimate of drug-likeness (QED) is 0.455. The van der Waals surface area contributed by atoms with E-state index in [9.17, 15) is 4.79 Å². The molecule has 4 aliphatic rings. The predicted octanol–water partition coefficient (Wildman–Crippen LogP) is 3.89. The number of hydrogen-bond acceptors (Lipinski definition) is 8. The SMILES string of the molecule is O=C(NCC[C@@H]1[C@@H](Nc2nccc(N3CCCCCCC3)n2)CCCN1C1CCSCC1)C1CCNCC1. The summed E-state index contributed by atoms with van der Waals surface area (Å²) >= 11 is 2.09. The molecule has 1 aromatic heterocycles. The second kappa shape index (κ2) is 14.7. The van der Waals surface area contributed by atoms with Crippen LogP contribution < -0.4 is 20.9 Å². The Kier molecular flexibility index (Phi) is 10.8. The molecule has 5 heterocycles. The van der Waals surface area contributed by atoms with Gasteiger partial charge in [-0.1, -0.05) is 19.3 Å². The summed E-state index contributed by atoms with van der Waals surface area (Å²) < 4.78 is 0. The second-order valence-electron chi connectivity index (χ2n) is 11.6. The molecule has 0 aromatic carbocycles. The first kappa shape index (κ1) is 28.0. The van der Waals surface area contributed by atoms with Crippen LogP contribution >= 0.6 is 11.8 Å². The zero-order valence-electron chi connectivity index (χ0n) is 23.2. The van der Waals surface area contributed by atoms with Crippen molar-refractivity contribution in [2.24, 2.45) is 5.92 Å². The van der Waals surface area contributed by atoms with Crippen LogP contribution in [0, 0.1) is 5.92 Å². The first-order valence-electron chi connectivity index (χ1n) is 15.4. The van der Waals surface area contributed by atoms with Crippen LogP contribution in [0.25, 0.3) is 0 Å². The van der Waals surface area contributed by atoms with Gasteiger partial charge in [0.25, 0.3) is 0 Å². The van der Waals surface area contributed by atoms with Gasteiger partial charge in [0.05, 0.1) is 0 Å². The first-order valence-corrected chi connectivity index (χ1v) is 16.6. The molecule has 0 spiro atoms. The Morgan fingerprint density at radius 2 is 1.74 bits per heavy atom. The zero-order chi connectivity index (χ0) is 26.0. The van der Waals surface area contributed by atoms with Crippen molar-refractivity contribution in [3.8, 4) is 0 Å². The van der Waals surface area contributed by atoms with E-state index < -0.39 is 0 Å². The lowest BCUT2D eigenvalue weighted by Gasteiger charge is -2.47. The van der Waals surface area contributed by atoms with E-state index in [1.807, 2.05) is 6.20 Å². The number of rotatable bonds is 8. The van der Waals surface area contributed by atoms with Crippen molar-refractivity contribution in [3.63, 3.8) is 0 Å². The van der Waals surface area contributed by atoms with E-state index in [2.05, 4.69) is 48.6 Å². The van der Waals surface area contributed by atoms with Crippen LogP contribution in [0.3, 0.4) is 0 Å². The minimum Gasteiger partial charge on any atom is -0.356 e. The molecule has 8 nitrogen and oxygen atoms in total. The second-order valence-corrected chi connectivity index (χ2v) is 12.9. The third-order valence-corrected chi connectivity index (χ3v) is 10.1. The number of carbonyl (C=O) groups is 1. The third-order valence-electron chi connectivity index (χ3n) is 9.07. The van der Waals surface area contributed by atoms with Gasteiger partial charge in [-0.2, -0.15) is 16.7 Å². The van der Waals surface area contributed by atoms with E-state index >= 15 is 0 Å². The largest absolute Gasteiger partial charge is 0.356 e. The van der Waals surface area contributed by atoms with Crippen LogP contribution in [-0.4, -0.2) is 89.7 Å². The molecular formula is C29H49N7OS. The Morgan fingerprint density at radius 3 is 2.53 bits per heavy atom. The predicted molar refractivity (Wildman–Crippen MR) is 158 cm³/mol. The Hall–Kier alpha value is -1.58. The van der Waals surface area contributed by atoms with E-state index in [0.717, 1.165) is 76.7 Å². The van der Waals surface area contributed by atoms with Crippen molar-refractivity contribution < 1.29 is 4.79 Å². The fourth-order valence-electron chi connectivity index (χ4n) is 6.90. The fraction of sp³-hybridized carbons (Fsp3) is 0.828. The monoisotopic (exact) mass is 543 g/mol. The summed E-state index contributed by atoms with van der Waals surface area (Å²) in [6.45, 7) is 6.00. The van der Waals surface area contributed by atoms with Crippen LogP contribution in [0.1, 0.15) is 77.0 Å². The molecule has 0 aliphatic carbocycles. The normalized spacial score (nSPS) is 26.9. The van der Waals surface area contributed by atoms with Gasteiger partial charge in [-0.3, -0.25) is 9.69 Å². The number of nitrogens with zero attached hydrogens (tertiary/aromatic N) is 4. The molecule has 9 heteroatoms. The Balaban J connectivity index is 1.25. The lowest BCUT2D eigenvalue weighted by atomic mass is 9.90.